The SMILES string of the molecule is CCCN(C=O)C(C(=O)O)c1ccc(Br)c(F)c1. The molecule has 1 rings (SSSR count). The Labute approximate surface area is 113 Å². The largest absolute Gasteiger partial charge is 0.479 e. The van der Waals surface area contributed by atoms with E-state index in [1.165, 1.54) is 12.1 Å². The molecule has 0 aliphatic carbocycles. The number of benzene rings is 1. The molecule has 4 nitrogen and oxygen atoms in total. The molecule has 1 atom stereocenters. The molecule has 98 valence electrons. The van der Waals surface area contributed by atoms with Gasteiger partial charge in [0.15, 0.2) is 6.04 Å². The Morgan fingerprint density at radius 1 is 1.61 bits per heavy atom. The number of hydrogen-bond donors (Lipinski definition) is 1. The van der Waals surface area contributed by atoms with Gasteiger partial charge in [0.1, 0.15) is 5.82 Å². The molecule has 0 saturated heterocycles. The van der Waals surface area contributed by atoms with Gasteiger partial charge in [0.05, 0.1) is 4.47 Å². The van der Waals surface area contributed by atoms with Crippen LogP contribution in [0.1, 0.15) is 24.9 Å². The predicted molar refractivity (Wildman–Crippen MR) is 67.5 cm³/mol. The third-order valence-electron chi connectivity index (χ3n) is 2.44. The van der Waals surface area contributed by atoms with Gasteiger partial charge in [0.2, 0.25) is 6.41 Å². The smallest absolute Gasteiger partial charge is 0.331 e. The highest BCUT2D eigenvalue weighted by Gasteiger charge is 2.26. The Hall–Kier alpha value is -1.43. The first-order valence-corrected chi connectivity index (χ1v) is 6.19. The van der Waals surface area contributed by atoms with Crippen LogP contribution in [0.4, 0.5) is 4.39 Å². The first-order chi connectivity index (χ1) is 8.51. The van der Waals surface area contributed by atoms with Crippen LogP contribution < -0.4 is 0 Å². The third-order valence-corrected chi connectivity index (χ3v) is 3.09. The lowest BCUT2D eigenvalue weighted by Crippen LogP contribution is -2.33. The number of nitrogens with zero attached hydrogens (tertiary/aromatic N) is 1. The molecule has 0 heterocycles. The van der Waals surface area contributed by atoms with E-state index in [1.54, 1.807) is 0 Å². The van der Waals surface area contributed by atoms with E-state index >= 15 is 0 Å². The van der Waals surface area contributed by atoms with Gasteiger partial charge in [0.25, 0.3) is 0 Å². The second-order valence-corrected chi connectivity index (χ2v) is 4.61. The third kappa shape index (κ3) is 3.29. The first-order valence-electron chi connectivity index (χ1n) is 5.40. The summed E-state index contributed by atoms with van der Waals surface area (Å²) in [6.45, 7) is 2.13. The van der Waals surface area contributed by atoms with Crippen LogP contribution >= 0.6 is 15.9 Å². The molecule has 0 spiro atoms. The number of carboxylic acids is 1. The summed E-state index contributed by atoms with van der Waals surface area (Å²) < 4.78 is 13.7. The Kier molecular flexibility index (Phi) is 5.27. The van der Waals surface area contributed by atoms with Crippen molar-refractivity contribution in [2.75, 3.05) is 6.54 Å². The van der Waals surface area contributed by atoms with Gasteiger partial charge in [-0.3, -0.25) is 4.79 Å². The molecule has 0 bridgehead atoms. The van der Waals surface area contributed by atoms with E-state index in [2.05, 4.69) is 15.9 Å². The number of hydrogen-bond acceptors (Lipinski definition) is 2. The van der Waals surface area contributed by atoms with Crippen LogP contribution in [0, 0.1) is 5.82 Å². The fraction of sp³-hybridized carbons (Fsp3) is 0.333. The topological polar surface area (TPSA) is 57.6 Å². The van der Waals surface area contributed by atoms with Crippen LogP contribution in [0.25, 0.3) is 0 Å². The number of rotatable bonds is 6. The molecule has 1 amide bonds. The van der Waals surface area contributed by atoms with Crippen molar-refractivity contribution in [3.63, 3.8) is 0 Å². The van der Waals surface area contributed by atoms with Gasteiger partial charge in [-0.25, -0.2) is 9.18 Å². The highest BCUT2D eigenvalue weighted by atomic mass is 79.9. The van der Waals surface area contributed by atoms with Crippen molar-refractivity contribution in [3.8, 4) is 0 Å². The van der Waals surface area contributed by atoms with Crippen molar-refractivity contribution in [3.05, 3.63) is 34.1 Å². The lowest BCUT2D eigenvalue weighted by atomic mass is 10.1. The van der Waals surface area contributed by atoms with Crippen molar-refractivity contribution < 1.29 is 19.1 Å². The van der Waals surface area contributed by atoms with Crippen molar-refractivity contribution in [1.29, 1.82) is 0 Å². The number of halogens is 2. The highest BCUT2D eigenvalue weighted by Crippen LogP contribution is 2.24. The Morgan fingerprint density at radius 3 is 2.72 bits per heavy atom. The van der Waals surface area contributed by atoms with E-state index in [4.69, 9.17) is 0 Å². The molecule has 0 fully saturated rings. The second kappa shape index (κ2) is 6.49. The Balaban J connectivity index is 3.14. The summed E-state index contributed by atoms with van der Waals surface area (Å²) >= 11 is 2.99. The lowest BCUT2D eigenvalue weighted by molar-refractivity contribution is -0.146. The summed E-state index contributed by atoms with van der Waals surface area (Å²) in [6, 6.07) is 2.87. The van der Waals surface area contributed by atoms with Crippen molar-refractivity contribution in [2.24, 2.45) is 0 Å². The van der Waals surface area contributed by atoms with Crippen LogP contribution in [0.3, 0.4) is 0 Å². The fourth-order valence-corrected chi connectivity index (χ4v) is 1.91. The second-order valence-electron chi connectivity index (χ2n) is 3.76. The van der Waals surface area contributed by atoms with Gasteiger partial charge in [-0.15, -0.1) is 0 Å². The molecular weight excluding hydrogens is 305 g/mol. The summed E-state index contributed by atoms with van der Waals surface area (Å²) in [5.41, 5.74) is 0.240. The highest BCUT2D eigenvalue weighted by molar-refractivity contribution is 9.10. The summed E-state index contributed by atoms with van der Waals surface area (Å²) in [6.07, 6.45) is 1.10. The van der Waals surface area contributed by atoms with Gasteiger partial charge in [-0.1, -0.05) is 13.0 Å². The van der Waals surface area contributed by atoms with Crippen molar-refractivity contribution in [1.82, 2.24) is 4.90 Å². The molecule has 1 aromatic rings. The Morgan fingerprint density at radius 2 is 2.28 bits per heavy atom. The van der Waals surface area contributed by atoms with E-state index in [9.17, 15) is 19.1 Å². The zero-order valence-electron chi connectivity index (χ0n) is 9.77. The van der Waals surface area contributed by atoms with E-state index in [0.29, 0.717) is 19.4 Å². The number of carbonyl (C=O) groups is 2. The van der Waals surface area contributed by atoms with Crippen LogP contribution in [0.2, 0.25) is 0 Å². The van der Waals surface area contributed by atoms with Crippen molar-refractivity contribution >= 4 is 28.3 Å². The molecule has 1 unspecified atom stereocenters. The first kappa shape index (κ1) is 14.6. The van der Waals surface area contributed by atoms with E-state index in [-0.39, 0.29) is 10.0 Å². The van der Waals surface area contributed by atoms with Crippen LogP contribution in [-0.2, 0) is 9.59 Å². The summed E-state index contributed by atoms with van der Waals surface area (Å²) in [7, 11) is 0. The van der Waals surface area contributed by atoms with Crippen molar-refractivity contribution in [2.45, 2.75) is 19.4 Å². The molecule has 6 heteroatoms. The molecule has 0 saturated carbocycles. The quantitative estimate of drug-likeness (QED) is 0.820. The van der Waals surface area contributed by atoms with Crippen LogP contribution in [-0.4, -0.2) is 28.9 Å². The lowest BCUT2D eigenvalue weighted by Gasteiger charge is -2.24. The molecule has 0 radical (unpaired) electrons. The number of carbonyl (C=O) groups excluding carboxylic acids is 1. The summed E-state index contributed by atoms with van der Waals surface area (Å²) in [4.78, 5) is 23.3. The Bertz CT molecular complexity index is 453. The molecule has 0 aliphatic rings. The number of carboxylic acid groups (broad SMARTS) is 1. The normalized spacial score (nSPS) is 11.9. The maximum Gasteiger partial charge on any atom is 0.331 e. The van der Waals surface area contributed by atoms with Gasteiger partial charge in [-0.2, -0.15) is 0 Å². The van der Waals surface area contributed by atoms with Gasteiger partial charge in [0, 0.05) is 6.54 Å². The van der Waals surface area contributed by atoms with E-state index in [1.807, 2.05) is 6.92 Å². The maximum atomic E-state index is 13.4. The minimum Gasteiger partial charge on any atom is -0.479 e. The van der Waals surface area contributed by atoms with E-state index < -0.39 is 17.8 Å². The van der Waals surface area contributed by atoms with Gasteiger partial charge < -0.3 is 10.0 Å². The summed E-state index contributed by atoms with van der Waals surface area (Å²) in [5, 5.41) is 9.18. The standard InChI is InChI=1S/C12H13BrFNO3/c1-2-5-15(7-16)11(12(17)18)8-3-4-9(13)10(14)6-8/h3-4,6-7,11H,2,5H2,1H3,(H,17,18). The summed E-state index contributed by atoms with van der Waals surface area (Å²) in [5.74, 6) is -1.74. The molecular formula is C12H13BrFNO3. The maximum absolute atomic E-state index is 13.4. The zero-order chi connectivity index (χ0) is 13.7. The predicted octanol–water partition coefficient (Wildman–Crippen LogP) is 2.58. The molecule has 1 aromatic carbocycles. The molecule has 0 aromatic heterocycles. The average molecular weight is 318 g/mol. The van der Waals surface area contributed by atoms with Crippen LogP contribution in [0.5, 0.6) is 0 Å². The van der Waals surface area contributed by atoms with Gasteiger partial charge in [-0.05, 0) is 40.0 Å². The molecule has 1 N–H and O–H groups in total. The zero-order valence-corrected chi connectivity index (χ0v) is 11.4. The van der Waals surface area contributed by atoms with Gasteiger partial charge >= 0.3 is 5.97 Å². The fourth-order valence-electron chi connectivity index (χ4n) is 1.66. The molecule has 18 heavy (non-hydrogen) atoms. The minimum absolute atomic E-state index is 0.240. The minimum atomic E-state index is -1.18. The van der Waals surface area contributed by atoms with Crippen LogP contribution in [0.15, 0.2) is 22.7 Å². The number of aliphatic carboxylic acids is 1. The molecule has 0 aliphatic heterocycles. The average Bonchev–Trinajstić information content (AvgIpc) is 2.32. The van der Waals surface area contributed by atoms with E-state index in [0.717, 1.165) is 11.0 Å². The monoisotopic (exact) mass is 317 g/mol. The number of amides is 1.